The normalized spacial score (nSPS) is 10.5. The van der Waals surface area contributed by atoms with Crippen LogP contribution in [0.15, 0.2) is 47.6 Å². The molecular formula is C16H14ClN3O3. The monoisotopic (exact) mass is 331 g/mol. The van der Waals surface area contributed by atoms with Crippen molar-refractivity contribution in [3.05, 3.63) is 58.6 Å². The molecule has 3 N–H and O–H groups in total. The highest BCUT2D eigenvalue weighted by molar-refractivity contribution is 6.40. The minimum absolute atomic E-state index is 0.0782. The van der Waals surface area contributed by atoms with E-state index in [-0.39, 0.29) is 5.75 Å². The van der Waals surface area contributed by atoms with Crippen molar-refractivity contribution in [2.75, 3.05) is 5.32 Å². The Kier molecular flexibility index (Phi) is 5.32. The molecule has 0 fully saturated rings. The molecule has 23 heavy (non-hydrogen) atoms. The quantitative estimate of drug-likeness (QED) is 0.458. The van der Waals surface area contributed by atoms with Gasteiger partial charge < -0.3 is 10.4 Å². The number of hydrazone groups is 1. The summed E-state index contributed by atoms with van der Waals surface area (Å²) in [6.45, 7) is 1.73. The third kappa shape index (κ3) is 4.55. The fraction of sp³-hybridized carbons (Fsp3) is 0.0625. The summed E-state index contributed by atoms with van der Waals surface area (Å²) in [6, 6.07) is 11.3. The number of hydrogen-bond acceptors (Lipinski definition) is 4. The molecule has 0 unspecified atom stereocenters. The van der Waals surface area contributed by atoms with Crippen LogP contribution < -0.4 is 10.7 Å². The van der Waals surface area contributed by atoms with E-state index in [9.17, 15) is 14.7 Å². The van der Waals surface area contributed by atoms with Crippen molar-refractivity contribution in [3.63, 3.8) is 0 Å². The predicted molar refractivity (Wildman–Crippen MR) is 88.7 cm³/mol. The first kappa shape index (κ1) is 16.5. The number of rotatable bonds is 3. The topological polar surface area (TPSA) is 90.8 Å². The van der Waals surface area contributed by atoms with Crippen molar-refractivity contribution in [1.29, 1.82) is 0 Å². The molecule has 2 aromatic carbocycles. The third-order valence-electron chi connectivity index (χ3n) is 2.97. The van der Waals surface area contributed by atoms with Gasteiger partial charge in [-0.1, -0.05) is 29.8 Å². The lowest BCUT2D eigenvalue weighted by molar-refractivity contribution is -0.136. The number of carbonyl (C=O) groups is 2. The van der Waals surface area contributed by atoms with E-state index in [2.05, 4.69) is 15.8 Å². The molecule has 0 bridgehead atoms. The van der Waals surface area contributed by atoms with Gasteiger partial charge in [-0.2, -0.15) is 5.10 Å². The lowest BCUT2D eigenvalue weighted by atomic mass is 10.2. The second-order valence-corrected chi connectivity index (χ2v) is 5.07. The van der Waals surface area contributed by atoms with Gasteiger partial charge in [-0.05, 0) is 42.3 Å². The molecular weight excluding hydrogens is 318 g/mol. The zero-order valence-electron chi connectivity index (χ0n) is 12.2. The van der Waals surface area contributed by atoms with E-state index in [1.807, 2.05) is 0 Å². The molecule has 6 nitrogen and oxygen atoms in total. The van der Waals surface area contributed by atoms with Crippen LogP contribution in [0, 0.1) is 6.92 Å². The van der Waals surface area contributed by atoms with Crippen LogP contribution in [-0.2, 0) is 9.59 Å². The lowest BCUT2D eigenvalue weighted by Gasteiger charge is -2.08. The number of halogens is 1. The van der Waals surface area contributed by atoms with Gasteiger partial charge in [0.25, 0.3) is 0 Å². The van der Waals surface area contributed by atoms with Gasteiger partial charge in [-0.3, -0.25) is 9.59 Å². The summed E-state index contributed by atoms with van der Waals surface area (Å²) in [5.74, 6) is -1.70. The number of amides is 2. The van der Waals surface area contributed by atoms with Crippen LogP contribution in [0.25, 0.3) is 0 Å². The Morgan fingerprint density at radius 1 is 1.17 bits per heavy atom. The second kappa shape index (κ2) is 7.42. The van der Waals surface area contributed by atoms with E-state index in [4.69, 9.17) is 11.6 Å². The van der Waals surface area contributed by atoms with Crippen molar-refractivity contribution >= 4 is 35.3 Å². The summed E-state index contributed by atoms with van der Waals surface area (Å²) >= 11 is 5.95. The minimum Gasteiger partial charge on any atom is -0.508 e. The number of aromatic hydroxyl groups is 1. The summed E-state index contributed by atoms with van der Waals surface area (Å²) in [6.07, 6.45) is 1.32. The molecule has 0 aromatic heterocycles. The Hall–Kier alpha value is -2.86. The van der Waals surface area contributed by atoms with E-state index in [0.29, 0.717) is 21.8 Å². The first-order chi connectivity index (χ1) is 11.0. The SMILES string of the molecule is Cc1c(Cl)cccc1NC(=O)C(=O)NN=Cc1cccc(O)c1. The summed E-state index contributed by atoms with van der Waals surface area (Å²) < 4.78 is 0. The first-order valence-electron chi connectivity index (χ1n) is 6.66. The molecule has 0 aliphatic rings. The molecule has 0 spiro atoms. The molecule has 118 valence electrons. The molecule has 0 radical (unpaired) electrons. The maximum absolute atomic E-state index is 11.8. The molecule has 2 rings (SSSR count). The van der Waals surface area contributed by atoms with Gasteiger partial charge in [-0.15, -0.1) is 0 Å². The van der Waals surface area contributed by atoms with Crippen LogP contribution in [0.4, 0.5) is 5.69 Å². The summed E-state index contributed by atoms with van der Waals surface area (Å²) in [7, 11) is 0. The van der Waals surface area contributed by atoms with Crippen LogP contribution in [0.1, 0.15) is 11.1 Å². The molecule has 7 heteroatoms. The zero-order chi connectivity index (χ0) is 16.8. The van der Waals surface area contributed by atoms with Gasteiger partial charge >= 0.3 is 11.8 Å². The maximum atomic E-state index is 11.8. The lowest BCUT2D eigenvalue weighted by Crippen LogP contribution is -2.32. The Bertz CT molecular complexity index is 775. The fourth-order valence-corrected chi connectivity index (χ4v) is 1.92. The van der Waals surface area contributed by atoms with E-state index in [0.717, 1.165) is 0 Å². The first-order valence-corrected chi connectivity index (χ1v) is 7.03. The van der Waals surface area contributed by atoms with E-state index < -0.39 is 11.8 Å². The number of carbonyl (C=O) groups excluding carboxylic acids is 2. The van der Waals surface area contributed by atoms with Gasteiger partial charge in [0.15, 0.2) is 0 Å². The molecule has 0 saturated carbocycles. The van der Waals surface area contributed by atoms with Crippen LogP contribution in [0.2, 0.25) is 5.02 Å². The van der Waals surface area contributed by atoms with Gasteiger partial charge in [0.05, 0.1) is 6.21 Å². The van der Waals surface area contributed by atoms with Crippen LogP contribution in [0.5, 0.6) is 5.75 Å². The van der Waals surface area contributed by atoms with Crippen molar-refractivity contribution in [1.82, 2.24) is 5.43 Å². The number of hydrogen-bond donors (Lipinski definition) is 3. The molecule has 0 aliphatic carbocycles. The molecule has 2 amide bonds. The van der Waals surface area contributed by atoms with Gasteiger partial charge in [0.1, 0.15) is 5.75 Å². The van der Waals surface area contributed by atoms with Crippen LogP contribution in [0.3, 0.4) is 0 Å². The Balaban J connectivity index is 1.95. The van der Waals surface area contributed by atoms with Crippen molar-refractivity contribution in [2.24, 2.45) is 5.10 Å². The second-order valence-electron chi connectivity index (χ2n) is 4.66. The Labute approximate surface area is 137 Å². The van der Waals surface area contributed by atoms with Gasteiger partial charge in [-0.25, -0.2) is 5.43 Å². The molecule has 0 heterocycles. The smallest absolute Gasteiger partial charge is 0.329 e. The predicted octanol–water partition coefficient (Wildman–Crippen LogP) is 2.44. The van der Waals surface area contributed by atoms with Gasteiger partial charge in [0.2, 0.25) is 0 Å². The molecule has 0 aliphatic heterocycles. The highest BCUT2D eigenvalue weighted by Gasteiger charge is 2.14. The number of phenols is 1. The highest BCUT2D eigenvalue weighted by Crippen LogP contribution is 2.22. The van der Waals surface area contributed by atoms with E-state index >= 15 is 0 Å². The average molecular weight is 332 g/mol. The van der Waals surface area contributed by atoms with Crippen molar-refractivity contribution in [2.45, 2.75) is 6.92 Å². The molecule has 2 aromatic rings. The van der Waals surface area contributed by atoms with Crippen LogP contribution >= 0.6 is 11.6 Å². The maximum Gasteiger partial charge on any atom is 0.329 e. The minimum atomic E-state index is -0.916. The number of nitrogens with zero attached hydrogens (tertiary/aromatic N) is 1. The van der Waals surface area contributed by atoms with Gasteiger partial charge in [0, 0.05) is 10.7 Å². The zero-order valence-corrected chi connectivity index (χ0v) is 13.0. The van der Waals surface area contributed by atoms with E-state index in [1.165, 1.54) is 18.3 Å². The summed E-state index contributed by atoms with van der Waals surface area (Å²) in [5.41, 5.74) is 3.81. The molecule has 0 atom stereocenters. The van der Waals surface area contributed by atoms with Crippen LogP contribution in [-0.4, -0.2) is 23.1 Å². The largest absolute Gasteiger partial charge is 0.508 e. The number of nitrogens with one attached hydrogen (secondary N) is 2. The Morgan fingerprint density at radius 2 is 1.91 bits per heavy atom. The number of phenolic OH excluding ortho intramolecular Hbond substituents is 1. The van der Waals surface area contributed by atoms with E-state index in [1.54, 1.807) is 37.3 Å². The standard InChI is InChI=1S/C16H14ClN3O3/c1-10-13(17)6-3-7-14(10)19-15(22)16(23)20-18-9-11-4-2-5-12(21)8-11/h2-9,21H,1H3,(H,19,22)(H,20,23). The van der Waals surface area contributed by atoms with Crippen molar-refractivity contribution < 1.29 is 14.7 Å². The van der Waals surface area contributed by atoms with Crippen molar-refractivity contribution in [3.8, 4) is 5.75 Å². The Morgan fingerprint density at radius 3 is 2.65 bits per heavy atom. The summed E-state index contributed by atoms with van der Waals surface area (Å²) in [4.78, 5) is 23.5. The number of benzene rings is 2. The number of anilines is 1. The summed E-state index contributed by atoms with van der Waals surface area (Å²) in [5, 5.41) is 15.9. The highest BCUT2D eigenvalue weighted by atomic mass is 35.5. The third-order valence-corrected chi connectivity index (χ3v) is 3.38. The fourth-order valence-electron chi connectivity index (χ4n) is 1.74. The molecule has 0 saturated heterocycles. The average Bonchev–Trinajstić information content (AvgIpc) is 2.51.